The molecule has 0 saturated carbocycles. The summed E-state index contributed by atoms with van der Waals surface area (Å²) in [6.45, 7) is 6.24. The van der Waals surface area contributed by atoms with Crippen molar-refractivity contribution in [2.75, 3.05) is 0 Å². The first kappa shape index (κ1) is 14.4. The lowest BCUT2D eigenvalue weighted by Crippen LogP contribution is -2.36. The SMILES string of the molecule is CC(C)(C)C1OC2=C(CCCCCC2)n2cccc2C1=O. The largest absolute Gasteiger partial charge is 0.484 e. The van der Waals surface area contributed by atoms with Crippen LogP contribution in [0.25, 0.3) is 5.70 Å². The number of aromatic nitrogens is 1. The maximum Gasteiger partial charge on any atom is 0.220 e. The summed E-state index contributed by atoms with van der Waals surface area (Å²) in [4.78, 5) is 12.9. The number of hydrogen-bond acceptors (Lipinski definition) is 2. The Hall–Kier alpha value is -1.51. The van der Waals surface area contributed by atoms with Crippen molar-refractivity contribution in [2.45, 2.75) is 65.4 Å². The Labute approximate surface area is 127 Å². The zero-order valence-corrected chi connectivity index (χ0v) is 13.3. The van der Waals surface area contributed by atoms with Gasteiger partial charge in [-0.2, -0.15) is 0 Å². The molecule has 2 heterocycles. The van der Waals surface area contributed by atoms with Gasteiger partial charge in [0, 0.05) is 18.0 Å². The van der Waals surface area contributed by atoms with Crippen LogP contribution in [0.1, 0.15) is 69.8 Å². The summed E-state index contributed by atoms with van der Waals surface area (Å²) >= 11 is 0. The molecule has 21 heavy (non-hydrogen) atoms. The van der Waals surface area contributed by atoms with Gasteiger partial charge in [0.1, 0.15) is 5.76 Å². The van der Waals surface area contributed by atoms with Crippen LogP contribution in [-0.4, -0.2) is 16.5 Å². The van der Waals surface area contributed by atoms with Crippen LogP contribution in [0.5, 0.6) is 0 Å². The summed E-state index contributed by atoms with van der Waals surface area (Å²) in [5.41, 5.74) is 1.78. The summed E-state index contributed by atoms with van der Waals surface area (Å²) in [5.74, 6) is 1.15. The molecular formula is C18H25NO2. The summed E-state index contributed by atoms with van der Waals surface area (Å²) in [6.07, 6.45) is 8.43. The summed E-state index contributed by atoms with van der Waals surface area (Å²) < 4.78 is 8.36. The Morgan fingerprint density at radius 2 is 1.86 bits per heavy atom. The van der Waals surface area contributed by atoms with Crippen LogP contribution in [0.15, 0.2) is 24.1 Å². The molecule has 114 valence electrons. The normalized spacial score (nSPS) is 23.6. The van der Waals surface area contributed by atoms with E-state index >= 15 is 0 Å². The maximum absolute atomic E-state index is 12.9. The van der Waals surface area contributed by atoms with Crippen LogP contribution in [0, 0.1) is 5.41 Å². The van der Waals surface area contributed by atoms with Gasteiger partial charge in [-0.15, -0.1) is 0 Å². The van der Waals surface area contributed by atoms with E-state index in [1.54, 1.807) is 0 Å². The number of allylic oxidation sites excluding steroid dienone is 2. The number of Topliss-reactive ketones (excluding diaryl/α,β-unsaturated/α-hetero) is 1. The van der Waals surface area contributed by atoms with Crippen molar-refractivity contribution in [3.05, 3.63) is 29.8 Å². The number of rotatable bonds is 0. The molecule has 1 unspecified atom stereocenters. The number of nitrogens with zero attached hydrogens (tertiary/aromatic N) is 1. The van der Waals surface area contributed by atoms with Crippen molar-refractivity contribution in [1.82, 2.24) is 4.57 Å². The lowest BCUT2D eigenvalue weighted by Gasteiger charge is -2.30. The van der Waals surface area contributed by atoms with Crippen LogP contribution in [0.2, 0.25) is 0 Å². The standard InChI is InChI=1S/C18H25NO2/c1-18(2,3)17-16(20)14-10-8-12-19(14)13-9-6-4-5-7-11-15(13)21-17/h8,10,12,17H,4-7,9,11H2,1-3H3. The first-order valence-corrected chi connectivity index (χ1v) is 8.09. The highest BCUT2D eigenvalue weighted by atomic mass is 16.5. The van der Waals surface area contributed by atoms with Crippen LogP contribution >= 0.6 is 0 Å². The molecule has 0 fully saturated rings. The van der Waals surface area contributed by atoms with E-state index in [4.69, 9.17) is 4.74 Å². The molecule has 0 aromatic carbocycles. The molecule has 0 saturated heterocycles. The Morgan fingerprint density at radius 3 is 2.57 bits per heavy atom. The second kappa shape index (κ2) is 5.36. The predicted molar refractivity (Wildman–Crippen MR) is 84.0 cm³/mol. The zero-order chi connectivity index (χ0) is 15.0. The average molecular weight is 287 g/mol. The Balaban J connectivity index is 2.11. The van der Waals surface area contributed by atoms with Crippen molar-refractivity contribution in [2.24, 2.45) is 5.41 Å². The van der Waals surface area contributed by atoms with E-state index in [0.717, 1.165) is 30.7 Å². The number of ether oxygens (including phenoxy) is 1. The third kappa shape index (κ3) is 2.66. The molecule has 3 nitrogen and oxygen atoms in total. The minimum Gasteiger partial charge on any atom is -0.484 e. The fraction of sp³-hybridized carbons (Fsp3) is 0.611. The minimum atomic E-state index is -0.391. The van der Waals surface area contributed by atoms with E-state index in [1.807, 2.05) is 18.3 Å². The summed E-state index contributed by atoms with van der Waals surface area (Å²) in [6, 6.07) is 3.90. The first-order valence-electron chi connectivity index (χ1n) is 8.09. The highest BCUT2D eigenvalue weighted by molar-refractivity contribution is 6.00. The molecule has 0 amide bonds. The molecule has 0 radical (unpaired) electrons. The molecular weight excluding hydrogens is 262 g/mol. The topological polar surface area (TPSA) is 31.2 Å². The minimum absolute atomic E-state index is 0.110. The van der Waals surface area contributed by atoms with E-state index in [9.17, 15) is 4.79 Å². The van der Waals surface area contributed by atoms with Gasteiger partial charge in [-0.25, -0.2) is 0 Å². The van der Waals surface area contributed by atoms with Gasteiger partial charge >= 0.3 is 0 Å². The van der Waals surface area contributed by atoms with Gasteiger partial charge in [0.15, 0.2) is 6.10 Å². The van der Waals surface area contributed by atoms with E-state index in [2.05, 4.69) is 25.3 Å². The quantitative estimate of drug-likeness (QED) is 0.696. The van der Waals surface area contributed by atoms with Gasteiger partial charge < -0.3 is 9.30 Å². The lowest BCUT2D eigenvalue weighted by molar-refractivity contribution is 0.0243. The maximum atomic E-state index is 12.9. The molecule has 3 rings (SSSR count). The fourth-order valence-electron chi connectivity index (χ4n) is 3.31. The molecule has 0 spiro atoms. The highest BCUT2D eigenvalue weighted by Crippen LogP contribution is 2.37. The lowest BCUT2D eigenvalue weighted by atomic mass is 9.85. The number of carbonyl (C=O) groups is 1. The molecule has 0 bridgehead atoms. The fourth-order valence-corrected chi connectivity index (χ4v) is 3.31. The zero-order valence-electron chi connectivity index (χ0n) is 13.3. The first-order chi connectivity index (χ1) is 9.98. The number of fused-ring (bicyclic) bond motifs is 2. The number of ketones is 1. The van der Waals surface area contributed by atoms with Gasteiger partial charge in [0.05, 0.1) is 11.4 Å². The summed E-state index contributed by atoms with van der Waals surface area (Å²) in [7, 11) is 0. The smallest absolute Gasteiger partial charge is 0.220 e. The Kier molecular flexibility index (Phi) is 3.68. The molecule has 1 aliphatic carbocycles. The third-order valence-corrected chi connectivity index (χ3v) is 4.47. The van der Waals surface area contributed by atoms with Crippen molar-refractivity contribution in [3.63, 3.8) is 0 Å². The van der Waals surface area contributed by atoms with Crippen LogP contribution in [0.4, 0.5) is 0 Å². The third-order valence-electron chi connectivity index (χ3n) is 4.47. The Morgan fingerprint density at radius 1 is 1.14 bits per heavy atom. The predicted octanol–water partition coefficient (Wildman–Crippen LogP) is 4.64. The van der Waals surface area contributed by atoms with Crippen LogP contribution < -0.4 is 0 Å². The monoisotopic (exact) mass is 287 g/mol. The van der Waals surface area contributed by atoms with Crippen molar-refractivity contribution in [3.8, 4) is 0 Å². The van der Waals surface area contributed by atoms with Crippen molar-refractivity contribution >= 4 is 11.5 Å². The molecule has 1 aliphatic heterocycles. The highest BCUT2D eigenvalue weighted by Gasteiger charge is 2.38. The molecule has 1 aromatic heterocycles. The number of carbonyl (C=O) groups excluding carboxylic acids is 1. The van der Waals surface area contributed by atoms with E-state index in [-0.39, 0.29) is 11.2 Å². The molecule has 2 aliphatic rings. The van der Waals surface area contributed by atoms with Crippen LogP contribution in [-0.2, 0) is 4.74 Å². The average Bonchev–Trinajstić information content (AvgIpc) is 2.81. The van der Waals surface area contributed by atoms with E-state index < -0.39 is 6.10 Å². The van der Waals surface area contributed by atoms with Gasteiger partial charge in [-0.3, -0.25) is 4.79 Å². The van der Waals surface area contributed by atoms with Gasteiger partial charge in [0.25, 0.3) is 0 Å². The molecule has 1 atom stereocenters. The van der Waals surface area contributed by atoms with Crippen molar-refractivity contribution in [1.29, 1.82) is 0 Å². The Bertz CT molecular complexity index is 574. The van der Waals surface area contributed by atoms with E-state index in [0.29, 0.717) is 0 Å². The van der Waals surface area contributed by atoms with Gasteiger partial charge in [-0.05, 0) is 31.4 Å². The van der Waals surface area contributed by atoms with Gasteiger partial charge in [-0.1, -0.05) is 33.6 Å². The molecule has 1 aromatic rings. The van der Waals surface area contributed by atoms with Crippen LogP contribution in [0.3, 0.4) is 0 Å². The van der Waals surface area contributed by atoms with Gasteiger partial charge in [0.2, 0.25) is 5.78 Å². The molecule has 0 N–H and O–H groups in total. The van der Waals surface area contributed by atoms with Crippen molar-refractivity contribution < 1.29 is 9.53 Å². The second-order valence-electron chi connectivity index (χ2n) is 7.28. The molecule has 3 heteroatoms. The van der Waals surface area contributed by atoms with E-state index in [1.165, 1.54) is 25.0 Å². The number of hydrogen-bond donors (Lipinski definition) is 0. The summed E-state index contributed by atoms with van der Waals surface area (Å²) in [5, 5.41) is 0. The second-order valence-corrected chi connectivity index (χ2v) is 7.28.